The number of rotatable bonds is 3. The Bertz CT molecular complexity index is 1940. The minimum atomic E-state index is -4.85. The average Bonchev–Trinajstić information content (AvgIpc) is 3.21. The van der Waals surface area contributed by atoms with E-state index in [0.29, 0.717) is 16.3 Å². The number of aryl methyl sites for hydroxylation is 1. The monoisotopic (exact) mass is 499 g/mol. The van der Waals surface area contributed by atoms with E-state index >= 15 is 0 Å². The number of nitrogens with zero attached hydrogens (tertiary/aromatic N) is 2. The molecule has 0 atom stereocenters. The highest BCUT2D eigenvalue weighted by Crippen LogP contribution is 2.35. The summed E-state index contributed by atoms with van der Waals surface area (Å²) < 4.78 is 38.9. The zero-order chi connectivity index (χ0) is 25.4. The number of fused-ring (bicyclic) bond motifs is 4. The molecule has 0 spiro atoms. The van der Waals surface area contributed by atoms with Gasteiger partial charge in [-0.1, -0.05) is 24.1 Å². The number of H-pyrrole nitrogens is 1. The Labute approximate surface area is 207 Å². The molecule has 1 aliphatic rings. The van der Waals surface area contributed by atoms with Crippen molar-refractivity contribution in [2.45, 2.75) is 17.9 Å². The predicted octanol–water partition coefficient (Wildman–Crippen LogP) is 4.74. The van der Waals surface area contributed by atoms with Gasteiger partial charge in [-0.2, -0.15) is 8.42 Å². The highest BCUT2D eigenvalue weighted by Gasteiger charge is 2.29. The van der Waals surface area contributed by atoms with Crippen LogP contribution in [-0.2, 0) is 10.2 Å². The van der Waals surface area contributed by atoms with E-state index < -0.39 is 15.1 Å². The van der Waals surface area contributed by atoms with Gasteiger partial charge in [0.05, 0.1) is 21.8 Å². The molecule has 6 nitrogen and oxygen atoms in total. The largest absolute Gasteiger partial charge is 0.340 e. The lowest BCUT2D eigenvalue weighted by Gasteiger charge is -2.39. The summed E-state index contributed by atoms with van der Waals surface area (Å²) in [6.07, 6.45) is 5.60. The number of benzene rings is 3. The number of halogens is 1. The van der Waals surface area contributed by atoms with Crippen LogP contribution >= 0.6 is 0 Å². The minimum Gasteiger partial charge on any atom is -0.340 e. The molecule has 0 saturated carbocycles. The van der Waals surface area contributed by atoms with Gasteiger partial charge in [0.2, 0.25) is 0 Å². The van der Waals surface area contributed by atoms with Gasteiger partial charge in [-0.3, -0.25) is 4.79 Å². The van der Waals surface area contributed by atoms with Crippen molar-refractivity contribution < 1.29 is 12.3 Å². The first kappa shape index (κ1) is 22.5. The molecule has 2 aromatic heterocycles. The van der Waals surface area contributed by atoms with Crippen LogP contribution in [0.4, 0.5) is 3.89 Å². The highest BCUT2D eigenvalue weighted by molar-refractivity contribution is 7.86. The van der Waals surface area contributed by atoms with Crippen molar-refractivity contribution in [3.63, 3.8) is 0 Å². The molecule has 0 radical (unpaired) electrons. The second-order valence-electron chi connectivity index (χ2n) is 9.48. The van der Waals surface area contributed by atoms with Crippen molar-refractivity contribution in [3.05, 3.63) is 75.9 Å². The lowest BCUT2D eigenvalue weighted by atomic mass is 9.96. The zero-order valence-electron chi connectivity index (χ0n) is 19.7. The summed E-state index contributed by atoms with van der Waals surface area (Å²) in [5.74, 6) is 2.64. The normalized spacial score (nSPS) is 14.9. The van der Waals surface area contributed by atoms with Gasteiger partial charge in [0.1, 0.15) is 5.65 Å². The first-order valence-corrected chi connectivity index (χ1v) is 12.9. The Balaban J connectivity index is 1.71. The average molecular weight is 500 g/mol. The van der Waals surface area contributed by atoms with E-state index in [2.05, 4.69) is 20.4 Å². The van der Waals surface area contributed by atoms with Crippen LogP contribution in [-0.4, -0.2) is 43.0 Å². The van der Waals surface area contributed by atoms with Crippen LogP contribution in [0.2, 0.25) is 0 Å². The molecular weight excluding hydrogens is 477 g/mol. The summed E-state index contributed by atoms with van der Waals surface area (Å²) in [7, 11) is -2.80. The Morgan fingerprint density at radius 3 is 2.56 bits per heavy atom. The molecule has 1 fully saturated rings. The van der Waals surface area contributed by atoms with Crippen molar-refractivity contribution in [3.8, 4) is 23.5 Å². The van der Waals surface area contributed by atoms with Crippen LogP contribution < -0.4 is 5.43 Å². The van der Waals surface area contributed by atoms with Crippen molar-refractivity contribution in [2.24, 2.45) is 0 Å². The molecule has 6 rings (SSSR count). The molecular formula is C28H22FN3O3S. The second kappa shape index (κ2) is 7.79. The van der Waals surface area contributed by atoms with Gasteiger partial charge < -0.3 is 14.5 Å². The van der Waals surface area contributed by atoms with Crippen LogP contribution in [0.3, 0.4) is 0 Å². The number of pyridine rings is 1. The summed E-state index contributed by atoms with van der Waals surface area (Å²) in [5.41, 5.74) is 4.99. The number of hydrogen-bond donors (Lipinski definition) is 1. The smallest absolute Gasteiger partial charge is 0.332 e. The molecule has 3 aromatic carbocycles. The van der Waals surface area contributed by atoms with Gasteiger partial charge in [-0.25, -0.2) is 0 Å². The second-order valence-corrected chi connectivity index (χ2v) is 10.8. The Morgan fingerprint density at radius 1 is 1.08 bits per heavy atom. The maximum Gasteiger partial charge on any atom is 0.332 e. The van der Waals surface area contributed by atoms with Gasteiger partial charge in [-0.15, -0.1) is 10.3 Å². The molecule has 5 aromatic rings. The zero-order valence-corrected chi connectivity index (χ0v) is 20.5. The molecule has 0 unspecified atom stereocenters. The van der Waals surface area contributed by atoms with Gasteiger partial charge >= 0.3 is 10.2 Å². The standard InChI is InChI=1S/C28H22FN3O3S/c1-4-17-8-9-21-24(11-17)30-28-26(21)27(33)23-10-16(2)22(13-25(23)32(28)19-14-31(3)15-19)18-6-5-7-20(12-18)36(29,34)35/h1,5-13,19,30H,14-15H2,2-3H3. The molecule has 0 bridgehead atoms. The van der Waals surface area contributed by atoms with Crippen LogP contribution in [0.1, 0.15) is 17.2 Å². The molecule has 1 aliphatic heterocycles. The summed E-state index contributed by atoms with van der Waals surface area (Å²) >= 11 is 0. The number of likely N-dealkylation sites (N-methyl/N-ethyl adjacent to an activating group) is 1. The van der Waals surface area contributed by atoms with E-state index in [0.717, 1.165) is 51.8 Å². The van der Waals surface area contributed by atoms with Gasteiger partial charge in [0.25, 0.3) is 0 Å². The van der Waals surface area contributed by atoms with Gasteiger partial charge in [0, 0.05) is 34.9 Å². The van der Waals surface area contributed by atoms with E-state index in [1.54, 1.807) is 6.07 Å². The first-order chi connectivity index (χ1) is 17.2. The van der Waals surface area contributed by atoms with Crippen LogP contribution in [0.15, 0.2) is 64.3 Å². The van der Waals surface area contributed by atoms with Crippen LogP contribution in [0, 0.1) is 19.3 Å². The topological polar surface area (TPSA) is 75.2 Å². The van der Waals surface area contributed by atoms with E-state index in [4.69, 9.17) is 6.42 Å². The third kappa shape index (κ3) is 3.35. The summed E-state index contributed by atoms with van der Waals surface area (Å²) in [6.45, 7) is 3.50. The van der Waals surface area contributed by atoms with Crippen molar-refractivity contribution in [1.29, 1.82) is 0 Å². The van der Waals surface area contributed by atoms with E-state index in [1.807, 2.05) is 44.3 Å². The molecule has 180 valence electrons. The third-order valence-corrected chi connectivity index (χ3v) is 7.91. The van der Waals surface area contributed by atoms with Gasteiger partial charge in [-0.05, 0) is 67.1 Å². The number of likely N-dealkylation sites (tertiary alicyclic amines) is 1. The van der Waals surface area contributed by atoms with E-state index in [-0.39, 0.29) is 11.5 Å². The Hall–Kier alpha value is -3.93. The fraction of sp³-hybridized carbons (Fsp3) is 0.179. The molecule has 8 heteroatoms. The van der Waals surface area contributed by atoms with Crippen molar-refractivity contribution in [1.82, 2.24) is 14.5 Å². The van der Waals surface area contributed by atoms with Crippen LogP contribution in [0.5, 0.6) is 0 Å². The van der Waals surface area contributed by atoms with Crippen LogP contribution in [0.25, 0.3) is 44.0 Å². The summed E-state index contributed by atoms with van der Waals surface area (Å²) in [5, 5.41) is 2.02. The molecule has 1 saturated heterocycles. The maximum atomic E-state index is 13.8. The minimum absolute atomic E-state index is 0.0848. The fourth-order valence-electron chi connectivity index (χ4n) is 5.35. The predicted molar refractivity (Wildman–Crippen MR) is 141 cm³/mol. The van der Waals surface area contributed by atoms with E-state index in [1.165, 1.54) is 18.2 Å². The Kier molecular flexibility index (Phi) is 4.87. The molecule has 3 heterocycles. The molecule has 36 heavy (non-hydrogen) atoms. The van der Waals surface area contributed by atoms with E-state index in [9.17, 15) is 17.1 Å². The number of hydrogen-bond acceptors (Lipinski definition) is 4. The number of terminal acetylenes is 1. The van der Waals surface area contributed by atoms with Gasteiger partial charge in [0.15, 0.2) is 5.43 Å². The lowest BCUT2D eigenvalue weighted by molar-refractivity contribution is 0.146. The molecule has 0 aliphatic carbocycles. The lowest BCUT2D eigenvalue weighted by Crippen LogP contribution is -2.45. The van der Waals surface area contributed by atoms with Crippen molar-refractivity contribution in [2.75, 3.05) is 20.1 Å². The summed E-state index contributed by atoms with van der Waals surface area (Å²) in [4.78, 5) is 19.1. The molecule has 0 amide bonds. The number of aromatic amines is 1. The summed E-state index contributed by atoms with van der Waals surface area (Å²) in [6, 6.07) is 15.3. The fourth-order valence-corrected chi connectivity index (χ4v) is 5.86. The van der Waals surface area contributed by atoms with Crippen molar-refractivity contribution >= 4 is 43.1 Å². The highest BCUT2D eigenvalue weighted by atomic mass is 32.3. The number of aromatic nitrogens is 2. The molecule has 1 N–H and O–H groups in total. The quantitative estimate of drug-likeness (QED) is 0.288. The first-order valence-electron chi connectivity index (χ1n) is 11.5. The Morgan fingerprint density at radius 2 is 1.86 bits per heavy atom. The number of nitrogens with one attached hydrogen (secondary N) is 1. The SMILES string of the molecule is C#Cc1ccc2c(c1)[nH]c1c2c(=O)c2cc(C)c(-c3cccc(S(=O)(=O)F)c3)cc2n1C1CN(C)C1. The third-order valence-electron chi connectivity index (χ3n) is 7.10. The maximum absolute atomic E-state index is 13.8.